The Morgan fingerprint density at radius 2 is 1.48 bits per heavy atom. The molecule has 0 N–H and O–H groups in total. The number of hydrogen-bond acceptors (Lipinski definition) is 6. The number of likely N-dealkylation sites (N-methyl/N-ethyl adjacent to an activating group) is 2. The molecule has 0 saturated heterocycles. The summed E-state index contributed by atoms with van der Waals surface area (Å²) < 4.78 is 34.1. The Morgan fingerprint density at radius 3 is 2.12 bits per heavy atom. The van der Waals surface area contributed by atoms with Gasteiger partial charge in [-0.05, 0) is 61.4 Å². The van der Waals surface area contributed by atoms with Crippen LogP contribution < -0.4 is 9.93 Å². The maximum Gasteiger partial charge on any atom is 0.344 e. The summed E-state index contributed by atoms with van der Waals surface area (Å²) in [7, 11) is -1.27. The van der Waals surface area contributed by atoms with Crippen molar-refractivity contribution in [2.45, 2.75) is 25.7 Å². The molecular formula is C30H31N3O6S. The summed E-state index contributed by atoms with van der Waals surface area (Å²) in [6.45, 7) is 5.45. The van der Waals surface area contributed by atoms with Gasteiger partial charge < -0.3 is 14.2 Å². The number of benzene rings is 3. The first-order chi connectivity index (χ1) is 18.9. The van der Waals surface area contributed by atoms with E-state index in [9.17, 15) is 22.8 Å². The number of fused-ring (bicyclic) bond motifs is 1. The molecule has 10 heteroatoms. The third-order valence-corrected chi connectivity index (χ3v) is 8.47. The second kappa shape index (κ2) is 11.4. The highest BCUT2D eigenvalue weighted by molar-refractivity contribution is 7.93. The van der Waals surface area contributed by atoms with E-state index in [0.29, 0.717) is 16.5 Å². The molecule has 1 heterocycles. The van der Waals surface area contributed by atoms with Gasteiger partial charge in [-0.2, -0.15) is 4.31 Å². The molecule has 3 amide bonds. The standard InChI is InChI=1S/C30H31N3O6S/c1-20-10-13-25(14-11-20)40(37,38)33(30(36)32(5)17-16-31(4)22(3)34)24-12-15-28-23(18-24)19-27(29(35)39-28)26-9-7-6-8-21(26)2/h6-15,18-19H,16-17H2,1-5H3. The molecule has 208 valence electrons. The predicted octanol–water partition coefficient (Wildman–Crippen LogP) is 4.80. The maximum absolute atomic E-state index is 13.9. The van der Waals surface area contributed by atoms with E-state index >= 15 is 0 Å². The van der Waals surface area contributed by atoms with Crippen LogP contribution in [-0.2, 0) is 14.8 Å². The van der Waals surface area contributed by atoms with Crippen molar-refractivity contribution in [2.24, 2.45) is 0 Å². The third-order valence-electron chi connectivity index (χ3n) is 6.75. The highest BCUT2D eigenvalue weighted by atomic mass is 32.2. The van der Waals surface area contributed by atoms with Gasteiger partial charge in [0.1, 0.15) is 5.58 Å². The van der Waals surface area contributed by atoms with Gasteiger partial charge in [-0.25, -0.2) is 18.0 Å². The summed E-state index contributed by atoms with van der Waals surface area (Å²) in [5, 5.41) is 0.450. The molecule has 0 spiro atoms. The van der Waals surface area contributed by atoms with Gasteiger partial charge in [0, 0.05) is 39.5 Å². The molecule has 1 aromatic heterocycles. The molecule has 0 aliphatic rings. The van der Waals surface area contributed by atoms with E-state index in [-0.39, 0.29) is 35.2 Å². The van der Waals surface area contributed by atoms with Crippen molar-refractivity contribution >= 4 is 38.6 Å². The first-order valence-corrected chi connectivity index (χ1v) is 14.1. The van der Waals surface area contributed by atoms with Crippen LogP contribution in [-0.4, -0.2) is 57.3 Å². The van der Waals surface area contributed by atoms with E-state index in [1.54, 1.807) is 25.2 Å². The molecule has 9 nitrogen and oxygen atoms in total. The predicted molar refractivity (Wildman–Crippen MR) is 155 cm³/mol. The summed E-state index contributed by atoms with van der Waals surface area (Å²) in [6.07, 6.45) is 0. The molecule has 0 saturated carbocycles. The molecule has 4 rings (SSSR count). The van der Waals surface area contributed by atoms with Gasteiger partial charge in [0.05, 0.1) is 16.1 Å². The highest BCUT2D eigenvalue weighted by Crippen LogP contribution is 2.30. The molecule has 0 atom stereocenters. The lowest BCUT2D eigenvalue weighted by Crippen LogP contribution is -2.47. The van der Waals surface area contributed by atoms with Crippen LogP contribution in [0.3, 0.4) is 0 Å². The lowest BCUT2D eigenvalue weighted by molar-refractivity contribution is -0.127. The number of carbonyl (C=O) groups is 2. The Balaban J connectivity index is 1.84. The fraction of sp³-hybridized carbons (Fsp3) is 0.233. The lowest BCUT2D eigenvalue weighted by Gasteiger charge is -2.29. The average Bonchev–Trinajstić information content (AvgIpc) is 2.91. The Bertz CT molecular complexity index is 1750. The van der Waals surface area contributed by atoms with Gasteiger partial charge in [-0.15, -0.1) is 0 Å². The first kappa shape index (κ1) is 28.6. The van der Waals surface area contributed by atoms with E-state index in [2.05, 4.69) is 0 Å². The van der Waals surface area contributed by atoms with E-state index in [1.807, 2.05) is 38.1 Å². The number of amides is 3. The Morgan fingerprint density at radius 1 is 0.825 bits per heavy atom. The smallest absolute Gasteiger partial charge is 0.344 e. The van der Waals surface area contributed by atoms with Crippen LogP contribution in [0.1, 0.15) is 18.1 Å². The first-order valence-electron chi connectivity index (χ1n) is 12.6. The molecule has 0 radical (unpaired) electrons. The van der Waals surface area contributed by atoms with Crippen LogP contribution in [0.4, 0.5) is 10.5 Å². The van der Waals surface area contributed by atoms with Gasteiger partial charge in [-0.3, -0.25) is 4.79 Å². The number of aryl methyl sites for hydroxylation is 2. The number of carbonyl (C=O) groups excluding carboxylic acids is 2. The van der Waals surface area contributed by atoms with Crippen LogP contribution in [0.25, 0.3) is 22.1 Å². The topological polar surface area (TPSA) is 108 Å². The molecule has 40 heavy (non-hydrogen) atoms. The van der Waals surface area contributed by atoms with E-state index in [0.717, 1.165) is 15.4 Å². The molecule has 3 aromatic carbocycles. The molecule has 0 fully saturated rings. The van der Waals surface area contributed by atoms with Crippen LogP contribution in [0.2, 0.25) is 0 Å². The van der Waals surface area contributed by atoms with Crippen LogP contribution >= 0.6 is 0 Å². The van der Waals surface area contributed by atoms with E-state index in [1.165, 1.54) is 54.1 Å². The van der Waals surface area contributed by atoms with Crippen LogP contribution in [0, 0.1) is 13.8 Å². The van der Waals surface area contributed by atoms with Crippen molar-refractivity contribution in [3.05, 3.63) is 94.3 Å². The van der Waals surface area contributed by atoms with Crippen molar-refractivity contribution < 1.29 is 22.4 Å². The Hall–Kier alpha value is -4.44. The quantitative estimate of drug-likeness (QED) is 0.300. The van der Waals surface area contributed by atoms with E-state index < -0.39 is 21.7 Å². The van der Waals surface area contributed by atoms with Gasteiger partial charge in [0.25, 0.3) is 10.0 Å². The lowest BCUT2D eigenvalue weighted by atomic mass is 10.0. The number of rotatable bonds is 7. The Labute approximate surface area is 233 Å². The third kappa shape index (κ3) is 5.76. The summed E-state index contributed by atoms with van der Waals surface area (Å²) in [6, 6.07) is 18.8. The summed E-state index contributed by atoms with van der Waals surface area (Å²) >= 11 is 0. The van der Waals surface area contributed by atoms with Crippen molar-refractivity contribution in [2.75, 3.05) is 31.5 Å². The molecule has 4 aromatic rings. The van der Waals surface area contributed by atoms with Gasteiger partial charge in [-0.1, -0.05) is 42.0 Å². The Kier molecular flexibility index (Phi) is 8.11. The van der Waals surface area contributed by atoms with Crippen molar-refractivity contribution in [1.29, 1.82) is 0 Å². The molecular weight excluding hydrogens is 530 g/mol. The van der Waals surface area contributed by atoms with Crippen molar-refractivity contribution in [1.82, 2.24) is 9.80 Å². The summed E-state index contributed by atoms with van der Waals surface area (Å²) in [5.74, 6) is -0.175. The fourth-order valence-electron chi connectivity index (χ4n) is 4.18. The number of urea groups is 1. The van der Waals surface area contributed by atoms with Crippen molar-refractivity contribution in [3.8, 4) is 11.1 Å². The number of sulfonamides is 1. The van der Waals surface area contributed by atoms with Gasteiger partial charge in [0.15, 0.2) is 0 Å². The average molecular weight is 562 g/mol. The molecule has 0 aliphatic carbocycles. The monoisotopic (exact) mass is 561 g/mol. The minimum Gasteiger partial charge on any atom is -0.422 e. The maximum atomic E-state index is 13.9. The van der Waals surface area contributed by atoms with Crippen molar-refractivity contribution in [3.63, 3.8) is 0 Å². The zero-order chi connectivity index (χ0) is 29.2. The summed E-state index contributed by atoms with van der Waals surface area (Å²) in [4.78, 5) is 40.8. The SMILES string of the molecule is CC(=O)N(C)CCN(C)C(=O)N(c1ccc2oc(=O)c(-c3ccccc3C)cc2c1)S(=O)(=O)c1ccc(C)cc1. The highest BCUT2D eigenvalue weighted by Gasteiger charge is 2.33. The van der Waals surface area contributed by atoms with Gasteiger partial charge in [0.2, 0.25) is 5.91 Å². The zero-order valence-corrected chi connectivity index (χ0v) is 23.9. The second-order valence-electron chi connectivity index (χ2n) is 9.71. The van der Waals surface area contributed by atoms with Crippen LogP contribution in [0.15, 0.2) is 86.9 Å². The minimum atomic E-state index is -4.35. The largest absolute Gasteiger partial charge is 0.422 e. The summed E-state index contributed by atoms with van der Waals surface area (Å²) in [5.41, 5.74) is 2.57. The minimum absolute atomic E-state index is 0.0546. The van der Waals surface area contributed by atoms with Crippen LogP contribution in [0.5, 0.6) is 0 Å². The number of nitrogens with zero attached hydrogens (tertiary/aromatic N) is 3. The van der Waals surface area contributed by atoms with E-state index in [4.69, 9.17) is 4.42 Å². The molecule has 0 unspecified atom stereocenters. The number of anilines is 1. The number of hydrogen-bond donors (Lipinski definition) is 0. The second-order valence-corrected chi connectivity index (χ2v) is 11.5. The fourth-order valence-corrected chi connectivity index (χ4v) is 5.60. The molecule has 0 aliphatic heterocycles. The van der Waals surface area contributed by atoms with Gasteiger partial charge >= 0.3 is 11.7 Å². The normalized spacial score (nSPS) is 11.3. The molecule has 0 bridgehead atoms. The zero-order valence-electron chi connectivity index (χ0n) is 23.0.